The quantitative estimate of drug-likeness (QED) is 0.821. The number of aryl methyl sites for hydroxylation is 2. The number of rotatable bonds is 2. The van der Waals surface area contributed by atoms with Crippen LogP contribution in [-0.2, 0) is 13.5 Å². The molecule has 0 saturated carbocycles. The number of aromatic amines is 1. The second-order valence-corrected chi connectivity index (χ2v) is 4.04. The topological polar surface area (TPSA) is 37.8 Å². The average Bonchev–Trinajstić information content (AvgIpc) is 2.54. The number of H-pyrrole nitrogens is 1. The van der Waals surface area contributed by atoms with Gasteiger partial charge in [-0.1, -0.05) is 36.8 Å². The van der Waals surface area contributed by atoms with Gasteiger partial charge in [0.15, 0.2) is 0 Å². The molecule has 2 rings (SSSR count). The molecular weight excluding hydrogens is 200 g/mol. The summed E-state index contributed by atoms with van der Waals surface area (Å²) in [5, 5.41) is 2.80. The van der Waals surface area contributed by atoms with Crippen molar-refractivity contribution in [2.24, 2.45) is 7.05 Å². The lowest BCUT2D eigenvalue weighted by atomic mass is 10.0. The Morgan fingerprint density at radius 1 is 1.25 bits per heavy atom. The molecule has 0 aliphatic carbocycles. The van der Waals surface area contributed by atoms with Gasteiger partial charge in [-0.15, -0.1) is 0 Å². The van der Waals surface area contributed by atoms with E-state index in [1.807, 2.05) is 38.2 Å². The first-order valence-corrected chi connectivity index (χ1v) is 5.48. The molecular formula is C13H16N2O. The molecule has 16 heavy (non-hydrogen) atoms. The van der Waals surface area contributed by atoms with E-state index in [-0.39, 0.29) is 5.56 Å². The fourth-order valence-corrected chi connectivity index (χ4v) is 2.01. The third-order valence-corrected chi connectivity index (χ3v) is 2.86. The fraction of sp³-hybridized carbons (Fsp3) is 0.308. The van der Waals surface area contributed by atoms with Crippen molar-refractivity contribution in [1.82, 2.24) is 9.78 Å². The molecule has 0 amide bonds. The van der Waals surface area contributed by atoms with Crippen molar-refractivity contribution >= 4 is 0 Å². The molecule has 0 aliphatic heterocycles. The Labute approximate surface area is 94.7 Å². The minimum absolute atomic E-state index is 0.0109. The highest BCUT2D eigenvalue weighted by Crippen LogP contribution is 2.20. The molecule has 1 heterocycles. The Morgan fingerprint density at radius 3 is 2.44 bits per heavy atom. The van der Waals surface area contributed by atoms with E-state index in [4.69, 9.17) is 0 Å². The Bertz CT molecular complexity index is 546. The van der Waals surface area contributed by atoms with E-state index in [0.717, 1.165) is 23.2 Å². The number of hydrogen-bond acceptors (Lipinski definition) is 1. The maximum Gasteiger partial charge on any atom is 0.272 e. The zero-order valence-electron chi connectivity index (χ0n) is 9.87. The maximum atomic E-state index is 11.8. The molecule has 0 spiro atoms. The minimum Gasteiger partial charge on any atom is -0.292 e. The lowest BCUT2D eigenvalue weighted by molar-refractivity contribution is 0.711. The van der Waals surface area contributed by atoms with E-state index in [1.165, 1.54) is 5.56 Å². The molecule has 0 bridgehead atoms. The van der Waals surface area contributed by atoms with Gasteiger partial charge in [0, 0.05) is 12.7 Å². The van der Waals surface area contributed by atoms with Gasteiger partial charge in [-0.3, -0.25) is 14.6 Å². The average molecular weight is 216 g/mol. The highest BCUT2D eigenvalue weighted by atomic mass is 16.1. The van der Waals surface area contributed by atoms with Crippen LogP contribution in [0.4, 0.5) is 0 Å². The summed E-state index contributed by atoms with van der Waals surface area (Å²) in [6, 6.07) is 8.06. The largest absolute Gasteiger partial charge is 0.292 e. The maximum absolute atomic E-state index is 11.8. The van der Waals surface area contributed by atoms with Gasteiger partial charge in [-0.25, -0.2) is 0 Å². The van der Waals surface area contributed by atoms with Crippen molar-refractivity contribution < 1.29 is 0 Å². The van der Waals surface area contributed by atoms with Gasteiger partial charge in [-0.05, 0) is 18.9 Å². The summed E-state index contributed by atoms with van der Waals surface area (Å²) in [6.45, 7) is 4.10. The third kappa shape index (κ3) is 1.69. The molecule has 0 aliphatic rings. The summed E-state index contributed by atoms with van der Waals surface area (Å²) in [5.41, 5.74) is 4.03. The highest BCUT2D eigenvalue weighted by molar-refractivity contribution is 5.65. The number of benzene rings is 1. The minimum atomic E-state index is -0.0109. The molecule has 0 saturated heterocycles. The van der Waals surface area contributed by atoms with E-state index < -0.39 is 0 Å². The first kappa shape index (κ1) is 10.7. The second kappa shape index (κ2) is 4.00. The van der Waals surface area contributed by atoms with E-state index in [1.54, 1.807) is 4.68 Å². The van der Waals surface area contributed by atoms with E-state index in [0.29, 0.717) is 0 Å². The number of hydrogen-bond donors (Lipinski definition) is 1. The molecule has 0 radical (unpaired) electrons. The van der Waals surface area contributed by atoms with Crippen LogP contribution in [0.15, 0.2) is 29.1 Å². The lowest BCUT2D eigenvalue weighted by Gasteiger charge is -2.03. The van der Waals surface area contributed by atoms with Crippen molar-refractivity contribution in [1.29, 1.82) is 0 Å². The Hall–Kier alpha value is -1.77. The van der Waals surface area contributed by atoms with Crippen molar-refractivity contribution in [3.63, 3.8) is 0 Å². The molecule has 2 aromatic rings. The van der Waals surface area contributed by atoms with Crippen LogP contribution in [0.2, 0.25) is 0 Å². The summed E-state index contributed by atoms with van der Waals surface area (Å²) < 4.78 is 1.80. The van der Waals surface area contributed by atoms with E-state index in [9.17, 15) is 4.79 Å². The number of aromatic nitrogens is 2. The van der Waals surface area contributed by atoms with Gasteiger partial charge >= 0.3 is 0 Å². The Balaban J connectivity index is 2.63. The summed E-state index contributed by atoms with van der Waals surface area (Å²) in [4.78, 5) is 11.8. The summed E-state index contributed by atoms with van der Waals surface area (Å²) in [7, 11) is 1.87. The molecule has 0 unspecified atom stereocenters. The normalized spacial score (nSPS) is 10.7. The third-order valence-electron chi connectivity index (χ3n) is 2.86. The smallest absolute Gasteiger partial charge is 0.272 e. The molecule has 84 valence electrons. The van der Waals surface area contributed by atoms with Gasteiger partial charge in [0.05, 0.1) is 5.56 Å². The van der Waals surface area contributed by atoms with Gasteiger partial charge in [0.25, 0.3) is 5.56 Å². The molecule has 0 fully saturated rings. The predicted octanol–water partition coefficient (Wildman–Crippen LogP) is 2.25. The monoisotopic (exact) mass is 216 g/mol. The van der Waals surface area contributed by atoms with Crippen LogP contribution in [0.5, 0.6) is 0 Å². The summed E-state index contributed by atoms with van der Waals surface area (Å²) in [5.74, 6) is 0. The summed E-state index contributed by atoms with van der Waals surface area (Å²) in [6.07, 6.45) is 0.846. The predicted molar refractivity (Wildman–Crippen MR) is 65.6 cm³/mol. The van der Waals surface area contributed by atoms with Gasteiger partial charge in [0.1, 0.15) is 0 Å². The number of nitrogens with zero attached hydrogens (tertiary/aromatic N) is 1. The lowest BCUT2D eigenvalue weighted by Crippen LogP contribution is -2.03. The zero-order valence-corrected chi connectivity index (χ0v) is 9.87. The van der Waals surface area contributed by atoms with E-state index >= 15 is 0 Å². The van der Waals surface area contributed by atoms with Gasteiger partial charge in [-0.2, -0.15) is 0 Å². The molecule has 0 atom stereocenters. The van der Waals surface area contributed by atoms with Crippen LogP contribution in [0.25, 0.3) is 11.1 Å². The Morgan fingerprint density at radius 2 is 1.88 bits per heavy atom. The summed E-state index contributed by atoms with van der Waals surface area (Å²) >= 11 is 0. The fourth-order valence-electron chi connectivity index (χ4n) is 2.01. The van der Waals surface area contributed by atoms with Gasteiger partial charge in [0.2, 0.25) is 0 Å². The van der Waals surface area contributed by atoms with Crippen molar-refractivity contribution in [3.8, 4) is 11.1 Å². The van der Waals surface area contributed by atoms with Crippen molar-refractivity contribution in [2.45, 2.75) is 20.3 Å². The molecule has 3 nitrogen and oxygen atoms in total. The number of nitrogens with one attached hydrogen (secondary N) is 1. The molecule has 3 heteroatoms. The van der Waals surface area contributed by atoms with E-state index in [2.05, 4.69) is 12.0 Å². The SMILES string of the molecule is CCc1c(-c2ccc(C)cc2)c(=O)[nH]n1C. The first-order chi connectivity index (χ1) is 7.63. The van der Waals surface area contributed by atoms with Crippen LogP contribution in [0.3, 0.4) is 0 Å². The van der Waals surface area contributed by atoms with Gasteiger partial charge < -0.3 is 0 Å². The van der Waals surface area contributed by atoms with Crippen LogP contribution in [-0.4, -0.2) is 9.78 Å². The van der Waals surface area contributed by atoms with Crippen LogP contribution >= 0.6 is 0 Å². The Kier molecular flexibility index (Phi) is 2.69. The van der Waals surface area contributed by atoms with Crippen molar-refractivity contribution in [2.75, 3.05) is 0 Å². The molecule has 1 aromatic carbocycles. The second-order valence-electron chi connectivity index (χ2n) is 4.04. The first-order valence-electron chi connectivity index (χ1n) is 5.48. The molecule has 1 N–H and O–H groups in total. The molecule has 1 aromatic heterocycles. The zero-order chi connectivity index (χ0) is 11.7. The van der Waals surface area contributed by atoms with Crippen LogP contribution < -0.4 is 5.56 Å². The van der Waals surface area contributed by atoms with Crippen molar-refractivity contribution in [3.05, 3.63) is 45.9 Å². The van der Waals surface area contributed by atoms with Crippen LogP contribution in [0, 0.1) is 6.92 Å². The highest BCUT2D eigenvalue weighted by Gasteiger charge is 2.12. The van der Waals surface area contributed by atoms with Crippen LogP contribution in [0.1, 0.15) is 18.2 Å². The standard InChI is InChI=1S/C13H16N2O/c1-4-11-12(13(16)14-15(11)3)10-7-5-9(2)6-8-10/h5-8H,4H2,1-3H3,(H,14,16).